The number of imidazole rings is 2. The summed E-state index contributed by atoms with van der Waals surface area (Å²) in [7, 11) is -8.79. The molecule has 0 fully saturated rings. The molecule has 586 valence electrons. The minimum Gasteiger partial charge on any atom is -0.460 e. The largest absolute Gasteiger partial charge is 0.460 e. The summed E-state index contributed by atoms with van der Waals surface area (Å²) in [6.45, 7) is 31.4. The number of carbonyl (C=O) groups is 4. The zero-order chi connectivity index (χ0) is 80.1. The summed E-state index contributed by atoms with van der Waals surface area (Å²) in [6.07, 6.45) is 6.56. The molecule has 13 rings (SSSR count). The second-order valence-electron chi connectivity index (χ2n) is 32.5. The van der Waals surface area contributed by atoms with Gasteiger partial charge in [0.05, 0.1) is 102 Å². The van der Waals surface area contributed by atoms with Gasteiger partial charge in [0.1, 0.15) is 101 Å². The van der Waals surface area contributed by atoms with Crippen molar-refractivity contribution in [2.75, 3.05) is 25.4 Å². The van der Waals surface area contributed by atoms with Crippen molar-refractivity contribution < 1.29 is 54.4 Å². The first-order valence-corrected chi connectivity index (χ1v) is 41.7. The molecule has 109 heavy (non-hydrogen) atoms. The smallest absolute Gasteiger partial charge is 0.312 e. The number of aliphatic imine (C=N–C) groups is 3. The Bertz CT molecular complexity index is 5420. The van der Waals surface area contributed by atoms with E-state index in [9.17, 15) is 36.2 Å². The van der Waals surface area contributed by atoms with Crippen LogP contribution in [0.3, 0.4) is 0 Å². The van der Waals surface area contributed by atoms with Crippen molar-refractivity contribution in [3.05, 3.63) is 152 Å². The Morgan fingerprint density at radius 2 is 0.826 bits per heavy atom. The molecule has 13 heterocycles. The van der Waals surface area contributed by atoms with Gasteiger partial charge in [0.25, 0.3) is 0 Å². The number of carbonyl (C=O) groups excluding carboxylic acids is 4. The predicted octanol–water partition coefficient (Wildman–Crippen LogP) is 13.9. The van der Waals surface area contributed by atoms with Crippen molar-refractivity contribution in [3.63, 3.8) is 0 Å². The first-order valence-electron chi connectivity index (χ1n) is 36.3. The first kappa shape index (κ1) is 81.9. The number of hydrogen-bond donors (Lipinski definition) is 2. The third kappa shape index (κ3) is 15.0. The lowest BCUT2D eigenvalue weighted by Gasteiger charge is -2.48. The molecule has 0 amide bonds. The minimum absolute atomic E-state index is 0.0247. The molecule has 7 aromatic heterocycles. The minimum atomic E-state index is -3.04. The van der Waals surface area contributed by atoms with E-state index in [1.165, 1.54) is 36.4 Å². The highest BCUT2D eigenvalue weighted by molar-refractivity contribution is 7.97. The van der Waals surface area contributed by atoms with Gasteiger partial charge in [-0.15, -0.1) is 0 Å². The molecule has 4 N–H and O–H groups in total. The van der Waals surface area contributed by atoms with Crippen molar-refractivity contribution in [3.8, 4) is 0 Å². The van der Waals surface area contributed by atoms with E-state index in [0.29, 0.717) is 107 Å². The maximum atomic E-state index is 15.7. The van der Waals surface area contributed by atoms with Crippen LogP contribution < -0.4 is 11.5 Å². The Morgan fingerprint density at radius 3 is 1.19 bits per heavy atom. The van der Waals surface area contributed by atoms with E-state index in [1.54, 1.807) is 163 Å². The summed E-state index contributed by atoms with van der Waals surface area (Å²) < 4.78 is 114. The summed E-state index contributed by atoms with van der Waals surface area (Å²) in [4.78, 5) is 89.0. The molecule has 0 saturated carbocycles. The molecule has 24 nitrogen and oxygen atoms in total. The Kier molecular flexibility index (Phi) is 22.0. The van der Waals surface area contributed by atoms with Crippen molar-refractivity contribution in [1.82, 2.24) is 33.7 Å². The number of nitrogens with two attached hydrogens (primary N) is 2. The number of aromatic nitrogens is 7. The number of Topliss-reactive ketones (excluding diaryl/α,β-unsaturated/α-hetero) is 2. The topological polar surface area (TPSA) is 337 Å². The summed E-state index contributed by atoms with van der Waals surface area (Å²) in [5.74, 6) is -3.01. The highest BCUT2D eigenvalue weighted by Crippen LogP contribution is 2.52. The molecule has 0 radical (unpaired) electrons. The summed E-state index contributed by atoms with van der Waals surface area (Å²) in [6, 6.07) is 15.0. The predicted molar refractivity (Wildman–Crippen MR) is 420 cm³/mol. The molecule has 9 atom stereocenters. The van der Waals surface area contributed by atoms with Crippen LogP contribution >= 0.6 is 23.2 Å². The van der Waals surface area contributed by atoms with Crippen LogP contribution in [0.4, 0.5) is 19.0 Å². The maximum absolute atomic E-state index is 15.7. The Balaban J connectivity index is 0.000000165. The molecule has 6 aliphatic rings. The van der Waals surface area contributed by atoms with Crippen LogP contribution in [0.5, 0.6) is 0 Å². The van der Waals surface area contributed by atoms with Gasteiger partial charge in [-0.05, 0) is 217 Å². The summed E-state index contributed by atoms with van der Waals surface area (Å²) in [5, 5.41) is -0.705. The molecule has 6 aliphatic heterocycles. The van der Waals surface area contributed by atoms with Gasteiger partial charge >= 0.3 is 11.9 Å². The number of hydrogen-bond acceptors (Lipinski definition) is 22. The Morgan fingerprint density at radius 1 is 0.486 bits per heavy atom. The van der Waals surface area contributed by atoms with Crippen molar-refractivity contribution in [2.24, 2.45) is 33.8 Å². The molecule has 0 spiro atoms. The van der Waals surface area contributed by atoms with Crippen molar-refractivity contribution in [1.29, 1.82) is 0 Å². The molecule has 7 aromatic rings. The summed E-state index contributed by atoms with van der Waals surface area (Å²) >= 11 is 12.2. The molecule has 0 aromatic carbocycles. The molecule has 0 saturated heterocycles. The van der Waals surface area contributed by atoms with E-state index in [0.717, 1.165) is 12.8 Å². The van der Waals surface area contributed by atoms with Crippen LogP contribution in [0.1, 0.15) is 216 Å². The van der Waals surface area contributed by atoms with Crippen LogP contribution in [0.25, 0.3) is 11.3 Å². The number of amidine groups is 1. The van der Waals surface area contributed by atoms with Gasteiger partial charge in [-0.25, -0.2) is 53.8 Å². The van der Waals surface area contributed by atoms with Crippen LogP contribution in [0, 0.1) is 31.3 Å². The van der Waals surface area contributed by atoms with Crippen LogP contribution in [-0.4, -0.2) is 148 Å². The van der Waals surface area contributed by atoms with Gasteiger partial charge in [0.2, 0.25) is 0 Å². The lowest BCUT2D eigenvalue weighted by Crippen LogP contribution is -2.60. The van der Waals surface area contributed by atoms with E-state index in [1.807, 2.05) is 0 Å². The first-order chi connectivity index (χ1) is 50.5. The van der Waals surface area contributed by atoms with E-state index >= 15 is 8.78 Å². The number of rotatable bonds is 13. The monoisotopic (exact) mass is 1600 g/mol. The SMILES string of the molecule is CC(C)(C)OC(=O)CC1=N[C@](C)(c2nc(N)ccc2F)[C@H]2CCCN=[S@]2(=O)C1(C)C.Cc1c(C(=O)Cc2ccc(F)c([C@@]3(C)N=C(CC(=O)OC(C)(C)C)C(C)(C)[S@@]4(=O)=NCCC[C@H]34)n2)nc2ccc(Cl)cn12.Cc1c(C(=O)Cc2ccc(F)c([C@@]3(C)N=C(N)C(C)(C)[S@@]4(=O)=NCCC[C@H]34)n2)nc2ccc(Cl)cn12. The maximum Gasteiger partial charge on any atom is 0.312 e. The van der Waals surface area contributed by atoms with E-state index < -0.39 is 116 Å². The number of ether oxygens (including phenoxy) is 2. The average molecular weight is 1600 g/mol. The lowest BCUT2D eigenvalue weighted by molar-refractivity contribution is -0.154. The standard InChI is InChI=1S/C31H37ClFN5O4S.C25H28ClFN6O2S.C21H31FN4O3S/c1-18-27(36-25-13-10-19(32)17-38(18)25)22(39)15-20-11-12-21(33)28(35-20)31(7)24-9-8-14-34-43(24,41)30(5,6)23(37-31)16-26(40)42-29(2,3)4;1-14-21(31-20-10-7-15(26)13-33(14)20)18(34)12-16-8-9-17(27)22(30-16)25(4)19-6-5-11-29-36(19,35)24(2,3)23(28)32-25;1-19(2,3)29-17(27)12-14-20(4,5)30(28)15(8-7-11-24-30)21(6,26-14)18-13(22)9-10-16(23)25-18/h10-13,17,24H,8-9,14-16H2,1-7H3;7-10,13,19H,5-6,11-12H2,1-4H3,(H2,28,32);9-10,15H,7-8,11-12H2,1-6H3,(H2,23,25)/t24-,31+,43-;19-,25+,36-;15-,21+,30-/m111/s1. The lowest BCUT2D eigenvalue weighted by atomic mass is 9.87. The zero-order valence-electron chi connectivity index (χ0n) is 64.6. The number of ketones is 2. The number of nitrogen functional groups attached to an aromatic ring is 1. The highest BCUT2D eigenvalue weighted by Gasteiger charge is 2.60. The van der Waals surface area contributed by atoms with Gasteiger partial charge in [0, 0.05) is 54.8 Å². The van der Waals surface area contributed by atoms with Gasteiger partial charge in [-0.1, -0.05) is 23.2 Å². The fourth-order valence-corrected chi connectivity index (χ4v) is 25.8. The molecular formula is C77H96Cl2F3N15O9S3. The van der Waals surface area contributed by atoms with Gasteiger partial charge in [-0.3, -0.25) is 44.1 Å². The van der Waals surface area contributed by atoms with E-state index in [2.05, 4.69) is 38.0 Å². The van der Waals surface area contributed by atoms with Gasteiger partial charge < -0.3 is 29.7 Å². The second kappa shape index (κ2) is 29.2. The average Bonchev–Trinajstić information content (AvgIpc) is 1.26. The third-order valence-electron chi connectivity index (χ3n) is 21.5. The molecular weight excluding hydrogens is 1500 g/mol. The summed E-state index contributed by atoms with van der Waals surface area (Å²) in [5.41, 5.74) is 11.3. The number of anilines is 1. The molecule has 32 heteroatoms. The van der Waals surface area contributed by atoms with E-state index in [4.69, 9.17) is 59.1 Å². The molecule has 0 aliphatic carbocycles. The van der Waals surface area contributed by atoms with E-state index in [-0.39, 0.29) is 71.7 Å². The number of halogens is 5. The fourth-order valence-electron chi connectivity index (χ4n) is 15.6. The number of fused-ring (bicyclic) bond motifs is 5. The number of pyridine rings is 5. The quantitative estimate of drug-likeness (QED) is 0.0800. The van der Waals surface area contributed by atoms with Crippen molar-refractivity contribution in [2.45, 2.75) is 240 Å². The number of esters is 2. The third-order valence-corrected chi connectivity index (χ3v) is 33.1. The molecule has 0 unspecified atom stereocenters. The van der Waals surface area contributed by atoms with Gasteiger partial charge in [0.15, 0.2) is 11.6 Å². The van der Waals surface area contributed by atoms with Crippen LogP contribution in [0.15, 0.2) is 101 Å². The zero-order valence-corrected chi connectivity index (χ0v) is 68.6. The van der Waals surface area contributed by atoms with Gasteiger partial charge in [-0.2, -0.15) is 0 Å². The number of aryl methyl sites for hydroxylation is 2. The van der Waals surface area contributed by atoms with Crippen molar-refractivity contribution >= 4 is 110 Å². The van der Waals surface area contributed by atoms with Crippen LogP contribution in [-0.2, 0) is 77.7 Å². The molecule has 0 bridgehead atoms. The van der Waals surface area contributed by atoms with Crippen LogP contribution in [0.2, 0.25) is 10.0 Å². The number of nitrogens with zero attached hydrogens (tertiary/aromatic N) is 13. The fraction of sp³-hybridized carbons (Fsp3) is 0.532. The Hall–Kier alpha value is -8.06. The second-order valence-corrected chi connectivity index (χ2v) is 42.4. The normalized spacial score (nSPS) is 27.3. The Labute approximate surface area is 645 Å². The highest BCUT2D eigenvalue weighted by atomic mass is 35.5.